The Bertz CT molecular complexity index is 417. The van der Waals surface area contributed by atoms with E-state index in [1.54, 1.807) is 0 Å². The summed E-state index contributed by atoms with van der Waals surface area (Å²) in [6.07, 6.45) is 6.90. The smallest absolute Gasteiger partial charge is 0.138 e. The number of hydrogen-bond acceptors (Lipinski definition) is 4. The van der Waals surface area contributed by atoms with Gasteiger partial charge in [0.25, 0.3) is 0 Å². The van der Waals surface area contributed by atoms with E-state index in [4.69, 9.17) is 4.52 Å². The van der Waals surface area contributed by atoms with Crippen molar-refractivity contribution >= 4 is 0 Å². The summed E-state index contributed by atoms with van der Waals surface area (Å²) in [6.45, 7) is 10.1. The highest BCUT2D eigenvalue weighted by atomic mass is 16.5. The maximum absolute atomic E-state index is 5.29. The molecular formula is C16H27N3O. The van der Waals surface area contributed by atoms with E-state index in [9.17, 15) is 0 Å². The fourth-order valence-electron chi connectivity index (χ4n) is 3.71. The number of rotatable bonds is 3. The summed E-state index contributed by atoms with van der Waals surface area (Å²) in [7, 11) is 0. The van der Waals surface area contributed by atoms with Crippen LogP contribution in [0.3, 0.4) is 0 Å². The normalized spacial score (nSPS) is 26.0. The zero-order valence-electron chi connectivity index (χ0n) is 12.9. The Labute approximate surface area is 122 Å². The van der Waals surface area contributed by atoms with E-state index >= 15 is 0 Å². The number of nitrogens with zero attached hydrogens (tertiary/aromatic N) is 3. The lowest BCUT2D eigenvalue weighted by Gasteiger charge is -2.41. The van der Waals surface area contributed by atoms with Crippen LogP contribution in [-0.4, -0.2) is 47.2 Å². The molecule has 2 saturated heterocycles. The van der Waals surface area contributed by atoms with Gasteiger partial charge in [-0.2, -0.15) is 0 Å². The number of aryl methyl sites for hydroxylation is 2. The third kappa shape index (κ3) is 3.07. The summed E-state index contributed by atoms with van der Waals surface area (Å²) in [5.74, 6) is 0.989. The minimum Gasteiger partial charge on any atom is -0.361 e. The first-order valence-corrected chi connectivity index (χ1v) is 8.12. The molecule has 1 aromatic rings. The van der Waals surface area contributed by atoms with Gasteiger partial charge in [0, 0.05) is 24.7 Å². The van der Waals surface area contributed by atoms with Crippen molar-refractivity contribution in [2.75, 3.05) is 26.2 Å². The number of piperidine rings is 2. The van der Waals surface area contributed by atoms with Crippen LogP contribution < -0.4 is 0 Å². The molecule has 112 valence electrons. The molecule has 0 aliphatic carbocycles. The van der Waals surface area contributed by atoms with Crippen molar-refractivity contribution in [1.29, 1.82) is 0 Å². The van der Waals surface area contributed by atoms with Gasteiger partial charge in [0.05, 0.1) is 5.69 Å². The van der Waals surface area contributed by atoms with Gasteiger partial charge in [-0.3, -0.25) is 9.80 Å². The van der Waals surface area contributed by atoms with E-state index in [0.29, 0.717) is 0 Å². The number of hydrogen-bond donors (Lipinski definition) is 0. The van der Waals surface area contributed by atoms with Gasteiger partial charge < -0.3 is 4.52 Å². The highest BCUT2D eigenvalue weighted by Gasteiger charge is 2.27. The van der Waals surface area contributed by atoms with Crippen LogP contribution in [0.5, 0.6) is 0 Å². The highest BCUT2D eigenvalue weighted by molar-refractivity contribution is 5.20. The van der Waals surface area contributed by atoms with Crippen LogP contribution in [0.2, 0.25) is 0 Å². The quantitative estimate of drug-likeness (QED) is 0.850. The third-order valence-corrected chi connectivity index (χ3v) is 4.95. The fourth-order valence-corrected chi connectivity index (χ4v) is 3.71. The first-order chi connectivity index (χ1) is 9.74. The second-order valence-corrected chi connectivity index (χ2v) is 6.43. The molecule has 1 unspecified atom stereocenters. The monoisotopic (exact) mass is 277 g/mol. The van der Waals surface area contributed by atoms with Crippen LogP contribution in [0, 0.1) is 13.8 Å². The van der Waals surface area contributed by atoms with Gasteiger partial charge >= 0.3 is 0 Å². The van der Waals surface area contributed by atoms with Crippen molar-refractivity contribution in [3.8, 4) is 0 Å². The molecule has 0 aromatic carbocycles. The molecule has 0 N–H and O–H groups in total. The predicted molar refractivity (Wildman–Crippen MR) is 79.7 cm³/mol. The Balaban J connectivity index is 1.60. The molecule has 2 aliphatic rings. The van der Waals surface area contributed by atoms with Crippen molar-refractivity contribution in [3.63, 3.8) is 0 Å². The lowest BCUT2D eigenvalue weighted by atomic mass is 10.00. The molecule has 2 fully saturated rings. The number of likely N-dealkylation sites (tertiary alicyclic amines) is 2. The Hall–Kier alpha value is -0.870. The van der Waals surface area contributed by atoms with Crippen LogP contribution in [0.15, 0.2) is 4.52 Å². The van der Waals surface area contributed by atoms with Crippen LogP contribution >= 0.6 is 0 Å². The van der Waals surface area contributed by atoms with Crippen LogP contribution in [-0.2, 0) is 6.54 Å². The van der Waals surface area contributed by atoms with Gasteiger partial charge in [-0.1, -0.05) is 11.6 Å². The van der Waals surface area contributed by atoms with Crippen molar-refractivity contribution in [3.05, 3.63) is 17.0 Å². The molecule has 3 heterocycles. The molecule has 3 rings (SSSR count). The second-order valence-electron chi connectivity index (χ2n) is 6.43. The molecule has 0 bridgehead atoms. The average Bonchev–Trinajstić information content (AvgIpc) is 2.80. The van der Waals surface area contributed by atoms with E-state index in [-0.39, 0.29) is 0 Å². The van der Waals surface area contributed by atoms with Gasteiger partial charge in [0.1, 0.15) is 5.76 Å². The third-order valence-electron chi connectivity index (χ3n) is 4.95. The molecule has 2 aliphatic heterocycles. The Kier molecular flexibility index (Phi) is 4.41. The van der Waals surface area contributed by atoms with Crippen molar-refractivity contribution in [2.24, 2.45) is 0 Å². The Morgan fingerprint density at radius 1 is 1.10 bits per heavy atom. The van der Waals surface area contributed by atoms with Gasteiger partial charge in [0.15, 0.2) is 0 Å². The highest BCUT2D eigenvalue weighted by Crippen LogP contribution is 2.23. The van der Waals surface area contributed by atoms with E-state index in [1.807, 2.05) is 6.92 Å². The SMILES string of the molecule is Cc1noc(C)c1CN1CCCC(N2CCCCC2)C1. The van der Waals surface area contributed by atoms with E-state index in [0.717, 1.165) is 24.0 Å². The van der Waals surface area contributed by atoms with Crippen molar-refractivity contribution < 1.29 is 4.52 Å². The van der Waals surface area contributed by atoms with Crippen molar-refractivity contribution in [2.45, 2.75) is 58.5 Å². The molecule has 1 aromatic heterocycles. The van der Waals surface area contributed by atoms with Gasteiger partial charge in [-0.15, -0.1) is 0 Å². The lowest BCUT2D eigenvalue weighted by Crippen LogP contribution is -2.49. The molecule has 0 saturated carbocycles. The van der Waals surface area contributed by atoms with Gasteiger partial charge in [-0.05, 0) is 59.2 Å². The summed E-state index contributed by atoms with van der Waals surface area (Å²) in [5, 5.41) is 4.08. The molecule has 4 heteroatoms. The first kappa shape index (κ1) is 14.1. The van der Waals surface area contributed by atoms with Crippen LogP contribution in [0.4, 0.5) is 0 Å². The topological polar surface area (TPSA) is 32.5 Å². The molecule has 1 atom stereocenters. The zero-order valence-corrected chi connectivity index (χ0v) is 12.9. The Morgan fingerprint density at radius 2 is 1.90 bits per heavy atom. The Morgan fingerprint density at radius 3 is 2.60 bits per heavy atom. The molecular weight excluding hydrogens is 250 g/mol. The molecule has 4 nitrogen and oxygen atoms in total. The lowest BCUT2D eigenvalue weighted by molar-refractivity contribution is 0.0789. The maximum Gasteiger partial charge on any atom is 0.138 e. The van der Waals surface area contributed by atoms with Gasteiger partial charge in [-0.25, -0.2) is 0 Å². The zero-order chi connectivity index (χ0) is 13.9. The summed E-state index contributed by atoms with van der Waals surface area (Å²) in [6, 6.07) is 0.768. The second kappa shape index (κ2) is 6.27. The molecule has 20 heavy (non-hydrogen) atoms. The minimum atomic E-state index is 0.768. The maximum atomic E-state index is 5.29. The van der Waals surface area contributed by atoms with Crippen LogP contribution in [0.25, 0.3) is 0 Å². The standard InChI is InChI=1S/C16H27N3O/c1-13-16(14(2)20-17-13)12-18-8-6-7-15(11-18)19-9-4-3-5-10-19/h15H,3-12H2,1-2H3. The van der Waals surface area contributed by atoms with E-state index in [1.165, 1.54) is 63.8 Å². The largest absolute Gasteiger partial charge is 0.361 e. The molecule has 0 spiro atoms. The van der Waals surface area contributed by atoms with Crippen LogP contribution in [0.1, 0.15) is 49.1 Å². The number of aromatic nitrogens is 1. The summed E-state index contributed by atoms with van der Waals surface area (Å²) >= 11 is 0. The van der Waals surface area contributed by atoms with E-state index in [2.05, 4.69) is 21.9 Å². The first-order valence-electron chi connectivity index (χ1n) is 8.12. The fraction of sp³-hybridized carbons (Fsp3) is 0.812. The minimum absolute atomic E-state index is 0.768. The average molecular weight is 277 g/mol. The van der Waals surface area contributed by atoms with Crippen molar-refractivity contribution in [1.82, 2.24) is 15.0 Å². The predicted octanol–water partition coefficient (Wildman–Crippen LogP) is 2.74. The van der Waals surface area contributed by atoms with E-state index < -0.39 is 0 Å². The molecule has 0 amide bonds. The molecule has 0 radical (unpaired) electrons. The summed E-state index contributed by atoms with van der Waals surface area (Å²) in [5.41, 5.74) is 2.35. The van der Waals surface area contributed by atoms with Gasteiger partial charge in [0.2, 0.25) is 0 Å². The summed E-state index contributed by atoms with van der Waals surface area (Å²) < 4.78 is 5.29. The summed E-state index contributed by atoms with van der Waals surface area (Å²) in [4.78, 5) is 5.32.